The second-order valence-electron chi connectivity index (χ2n) is 6.63. The number of sulfonamides is 1. The SMILES string of the molecule is Cn1ncc(N=C2C=CC(=C(O)N3CCCCC3)C=C2NS(C)(=O)=O)c1N. The number of nitrogens with one attached hydrogen (secondary N) is 1. The highest BCUT2D eigenvalue weighted by Crippen LogP contribution is 2.25. The van der Waals surface area contributed by atoms with E-state index in [0.717, 1.165) is 38.6 Å². The number of aliphatic imine (C=N–C) groups is 1. The smallest absolute Gasteiger partial charge is 0.229 e. The van der Waals surface area contributed by atoms with Gasteiger partial charge in [-0.1, -0.05) is 0 Å². The van der Waals surface area contributed by atoms with Crippen molar-refractivity contribution in [3.63, 3.8) is 0 Å². The second-order valence-corrected chi connectivity index (χ2v) is 8.38. The third kappa shape index (κ3) is 4.51. The summed E-state index contributed by atoms with van der Waals surface area (Å²) in [6.45, 7) is 1.55. The number of aliphatic hydroxyl groups excluding tert-OH is 1. The van der Waals surface area contributed by atoms with Gasteiger partial charge in [0.05, 0.1) is 23.9 Å². The standard InChI is InChI=1S/C17H24N6O3S/c1-22-16(18)15(11-19-22)20-13-7-6-12(10-14(13)21-27(2,25)26)17(24)23-8-4-3-5-9-23/h6-7,10-11,21,24H,3-5,8-9,18H2,1-2H3. The number of hydrogen-bond acceptors (Lipinski definition) is 7. The van der Waals surface area contributed by atoms with Crippen LogP contribution in [0.1, 0.15) is 19.3 Å². The van der Waals surface area contributed by atoms with Crippen molar-refractivity contribution in [2.75, 3.05) is 25.1 Å². The van der Waals surface area contributed by atoms with E-state index in [0.29, 0.717) is 22.8 Å². The van der Waals surface area contributed by atoms with Gasteiger partial charge in [-0.2, -0.15) is 5.10 Å². The summed E-state index contributed by atoms with van der Waals surface area (Å²) in [5, 5.41) is 14.6. The van der Waals surface area contributed by atoms with Crippen molar-refractivity contribution in [2.45, 2.75) is 19.3 Å². The molecule has 0 unspecified atom stereocenters. The average molecular weight is 392 g/mol. The number of aromatic nitrogens is 2. The van der Waals surface area contributed by atoms with Crippen LogP contribution in [0.3, 0.4) is 0 Å². The fourth-order valence-electron chi connectivity index (χ4n) is 2.99. The molecular formula is C17H24N6O3S. The van der Waals surface area contributed by atoms with Crippen molar-refractivity contribution >= 4 is 27.2 Å². The molecule has 1 aromatic heterocycles. The molecule has 27 heavy (non-hydrogen) atoms. The van der Waals surface area contributed by atoms with Gasteiger partial charge in [0.15, 0.2) is 5.88 Å². The summed E-state index contributed by atoms with van der Waals surface area (Å²) in [5.74, 6) is 0.505. The van der Waals surface area contributed by atoms with Crippen molar-refractivity contribution < 1.29 is 13.5 Å². The lowest BCUT2D eigenvalue weighted by atomic mass is 10.0. The van der Waals surface area contributed by atoms with Gasteiger partial charge in [-0.25, -0.2) is 13.4 Å². The molecule has 2 heterocycles. The molecule has 0 radical (unpaired) electrons. The van der Waals surface area contributed by atoms with Gasteiger partial charge in [-0.15, -0.1) is 0 Å². The predicted octanol–water partition coefficient (Wildman–Crippen LogP) is 1.33. The Labute approximate surface area is 158 Å². The van der Waals surface area contributed by atoms with Crippen LogP contribution >= 0.6 is 0 Å². The number of anilines is 1. The number of hydrogen-bond donors (Lipinski definition) is 3. The number of rotatable bonds is 4. The van der Waals surface area contributed by atoms with Crippen LogP contribution in [-0.2, 0) is 17.1 Å². The van der Waals surface area contributed by atoms with Crippen LogP contribution in [0.4, 0.5) is 11.5 Å². The molecule has 0 saturated carbocycles. The molecule has 1 saturated heterocycles. The van der Waals surface area contributed by atoms with E-state index in [1.165, 1.54) is 10.9 Å². The van der Waals surface area contributed by atoms with E-state index in [1.54, 1.807) is 25.3 Å². The number of piperidine rings is 1. The fraction of sp³-hybridized carbons (Fsp3) is 0.412. The zero-order chi connectivity index (χ0) is 19.6. The molecule has 146 valence electrons. The molecule has 0 aromatic carbocycles. The summed E-state index contributed by atoms with van der Waals surface area (Å²) in [4.78, 5) is 6.32. The molecule has 1 aromatic rings. The molecular weight excluding hydrogens is 368 g/mol. The van der Waals surface area contributed by atoms with E-state index in [4.69, 9.17) is 5.73 Å². The molecule has 9 nitrogen and oxygen atoms in total. The Balaban J connectivity index is 1.99. The third-order valence-electron chi connectivity index (χ3n) is 4.41. The van der Waals surface area contributed by atoms with Crippen molar-refractivity contribution in [1.29, 1.82) is 0 Å². The Morgan fingerprint density at radius 1 is 1.30 bits per heavy atom. The molecule has 0 spiro atoms. The number of nitrogens with zero attached hydrogens (tertiary/aromatic N) is 4. The first-order valence-corrected chi connectivity index (χ1v) is 10.6. The molecule has 1 fully saturated rings. The van der Waals surface area contributed by atoms with Gasteiger partial charge in [0.25, 0.3) is 0 Å². The lowest BCUT2D eigenvalue weighted by Crippen LogP contribution is -2.31. The summed E-state index contributed by atoms with van der Waals surface area (Å²) in [5.41, 5.74) is 7.54. The minimum Gasteiger partial charge on any atom is -0.494 e. The Kier molecular flexibility index (Phi) is 5.26. The molecule has 1 aliphatic heterocycles. The van der Waals surface area contributed by atoms with Crippen LogP contribution in [0.5, 0.6) is 0 Å². The Morgan fingerprint density at radius 3 is 2.59 bits per heavy atom. The van der Waals surface area contributed by atoms with Crippen LogP contribution in [0.15, 0.2) is 46.6 Å². The van der Waals surface area contributed by atoms with Crippen molar-refractivity contribution in [2.24, 2.45) is 12.0 Å². The summed E-state index contributed by atoms with van der Waals surface area (Å²) in [6.07, 6.45) is 10.7. The molecule has 0 bridgehead atoms. The molecule has 0 amide bonds. The quantitative estimate of drug-likeness (QED) is 0.664. The summed E-state index contributed by atoms with van der Waals surface area (Å²) in [7, 11) is -1.84. The third-order valence-corrected chi connectivity index (χ3v) is 5.00. The van der Waals surface area contributed by atoms with E-state index in [-0.39, 0.29) is 11.6 Å². The molecule has 3 rings (SSSR count). The minimum absolute atomic E-state index is 0.138. The van der Waals surface area contributed by atoms with E-state index in [1.807, 2.05) is 4.90 Å². The zero-order valence-electron chi connectivity index (χ0n) is 15.4. The maximum absolute atomic E-state index is 11.8. The maximum atomic E-state index is 11.8. The number of aliphatic hydroxyl groups is 1. The lowest BCUT2D eigenvalue weighted by Gasteiger charge is -2.29. The van der Waals surface area contributed by atoms with Crippen molar-refractivity contribution in [1.82, 2.24) is 19.4 Å². The number of likely N-dealkylation sites (tertiary alicyclic amines) is 1. The first-order chi connectivity index (χ1) is 12.7. The molecule has 1 aliphatic carbocycles. The van der Waals surface area contributed by atoms with Gasteiger partial charge < -0.3 is 15.7 Å². The predicted molar refractivity (Wildman–Crippen MR) is 105 cm³/mol. The van der Waals surface area contributed by atoms with Gasteiger partial charge in [0.1, 0.15) is 11.5 Å². The Bertz CT molecular complexity index is 949. The monoisotopic (exact) mass is 392 g/mol. The van der Waals surface area contributed by atoms with E-state index in [9.17, 15) is 13.5 Å². The van der Waals surface area contributed by atoms with E-state index >= 15 is 0 Å². The molecule has 4 N–H and O–H groups in total. The van der Waals surface area contributed by atoms with Gasteiger partial charge in [-0.05, 0) is 37.5 Å². The zero-order valence-corrected chi connectivity index (χ0v) is 16.2. The fourth-order valence-corrected chi connectivity index (χ4v) is 3.56. The summed E-state index contributed by atoms with van der Waals surface area (Å²) < 4.78 is 27.5. The topological polar surface area (TPSA) is 126 Å². The first kappa shape index (κ1) is 19.0. The maximum Gasteiger partial charge on any atom is 0.229 e. The van der Waals surface area contributed by atoms with Gasteiger partial charge in [0, 0.05) is 25.7 Å². The van der Waals surface area contributed by atoms with Crippen molar-refractivity contribution in [3.05, 3.63) is 41.6 Å². The Morgan fingerprint density at radius 2 is 2.00 bits per heavy atom. The van der Waals surface area contributed by atoms with Crippen LogP contribution in [0.2, 0.25) is 0 Å². The first-order valence-electron chi connectivity index (χ1n) is 8.67. The minimum atomic E-state index is -3.53. The van der Waals surface area contributed by atoms with Crippen LogP contribution in [-0.4, -0.2) is 53.3 Å². The highest BCUT2D eigenvalue weighted by molar-refractivity contribution is 7.88. The number of nitrogen functional groups attached to an aromatic ring is 1. The normalized spacial score (nSPS) is 21.3. The number of allylic oxidation sites excluding steroid dienone is 4. The average Bonchev–Trinajstić information content (AvgIpc) is 2.94. The largest absolute Gasteiger partial charge is 0.494 e. The summed E-state index contributed by atoms with van der Waals surface area (Å²) >= 11 is 0. The lowest BCUT2D eigenvalue weighted by molar-refractivity contribution is 0.173. The van der Waals surface area contributed by atoms with Gasteiger partial charge >= 0.3 is 0 Å². The second kappa shape index (κ2) is 7.47. The van der Waals surface area contributed by atoms with Crippen molar-refractivity contribution in [3.8, 4) is 0 Å². The van der Waals surface area contributed by atoms with Crippen LogP contribution in [0, 0.1) is 0 Å². The molecule has 2 aliphatic rings. The van der Waals surface area contributed by atoms with E-state index < -0.39 is 10.0 Å². The van der Waals surface area contributed by atoms with Crippen LogP contribution in [0.25, 0.3) is 0 Å². The number of nitrogens with two attached hydrogens (primary N) is 1. The highest BCUT2D eigenvalue weighted by atomic mass is 32.2. The summed E-state index contributed by atoms with van der Waals surface area (Å²) in [6, 6.07) is 0. The molecule has 10 heteroatoms. The van der Waals surface area contributed by atoms with Crippen LogP contribution < -0.4 is 10.5 Å². The molecule has 0 atom stereocenters. The number of aryl methyl sites for hydroxylation is 1. The van der Waals surface area contributed by atoms with Gasteiger partial charge in [-0.3, -0.25) is 9.40 Å². The van der Waals surface area contributed by atoms with E-state index in [2.05, 4.69) is 14.8 Å². The Hall–Kier alpha value is -2.75. The highest BCUT2D eigenvalue weighted by Gasteiger charge is 2.20. The van der Waals surface area contributed by atoms with Gasteiger partial charge in [0.2, 0.25) is 10.0 Å².